The summed E-state index contributed by atoms with van der Waals surface area (Å²) in [6.45, 7) is 5.46. The van der Waals surface area contributed by atoms with Gasteiger partial charge in [0.2, 0.25) is 5.91 Å². The molecule has 1 atom stereocenters. The van der Waals surface area contributed by atoms with Crippen LogP contribution in [0.25, 0.3) is 4.96 Å². The standard InChI is InChI=1S/C15H21N3O3S/c1-5-15(3,13(20)21-4)17-12(19)7-6-11-9-22-14-16-10(2)8-18(11)14/h8-9H,5-7H2,1-4H3,(H,17,19)/t15-/m1/s1. The van der Waals surface area contributed by atoms with Gasteiger partial charge in [-0.05, 0) is 26.7 Å². The van der Waals surface area contributed by atoms with Gasteiger partial charge in [-0.1, -0.05) is 6.92 Å². The minimum absolute atomic E-state index is 0.161. The first kappa shape index (κ1) is 16.5. The Balaban J connectivity index is 1.99. The summed E-state index contributed by atoms with van der Waals surface area (Å²) in [6, 6.07) is 0. The third kappa shape index (κ3) is 3.30. The zero-order valence-corrected chi connectivity index (χ0v) is 14.1. The van der Waals surface area contributed by atoms with Crippen LogP contribution in [0.15, 0.2) is 11.6 Å². The molecule has 6 nitrogen and oxygen atoms in total. The largest absolute Gasteiger partial charge is 0.467 e. The van der Waals surface area contributed by atoms with Crippen molar-refractivity contribution in [1.82, 2.24) is 14.7 Å². The maximum absolute atomic E-state index is 12.1. The van der Waals surface area contributed by atoms with E-state index in [-0.39, 0.29) is 5.91 Å². The Labute approximate surface area is 133 Å². The molecule has 2 rings (SSSR count). The summed E-state index contributed by atoms with van der Waals surface area (Å²) in [5.41, 5.74) is 1.04. The summed E-state index contributed by atoms with van der Waals surface area (Å²) in [5.74, 6) is -0.586. The van der Waals surface area contributed by atoms with Crippen molar-refractivity contribution in [1.29, 1.82) is 0 Å². The molecular formula is C15H21N3O3S. The smallest absolute Gasteiger partial charge is 0.331 e. The Morgan fingerprint density at radius 3 is 2.86 bits per heavy atom. The fourth-order valence-electron chi connectivity index (χ4n) is 2.24. The van der Waals surface area contributed by atoms with E-state index < -0.39 is 11.5 Å². The number of ether oxygens (including phenoxy) is 1. The molecule has 0 unspecified atom stereocenters. The number of nitrogens with one attached hydrogen (secondary N) is 1. The zero-order chi connectivity index (χ0) is 16.3. The quantitative estimate of drug-likeness (QED) is 0.826. The lowest BCUT2D eigenvalue weighted by Gasteiger charge is -2.26. The number of imidazole rings is 1. The maximum atomic E-state index is 12.1. The highest BCUT2D eigenvalue weighted by atomic mass is 32.1. The SMILES string of the molecule is CC[C@@](C)(NC(=O)CCc1csc2nc(C)cn12)C(=O)OC. The van der Waals surface area contributed by atoms with Crippen LogP contribution < -0.4 is 5.32 Å². The van der Waals surface area contributed by atoms with Crippen LogP contribution in [0.3, 0.4) is 0 Å². The predicted molar refractivity (Wildman–Crippen MR) is 85.0 cm³/mol. The number of carbonyl (C=O) groups is 2. The summed E-state index contributed by atoms with van der Waals surface area (Å²) < 4.78 is 6.76. The summed E-state index contributed by atoms with van der Waals surface area (Å²) >= 11 is 1.56. The highest BCUT2D eigenvalue weighted by molar-refractivity contribution is 7.15. The van der Waals surface area contributed by atoms with Crippen LogP contribution >= 0.6 is 11.3 Å². The number of aryl methyl sites for hydroxylation is 2. The number of fused-ring (bicyclic) bond motifs is 1. The number of aromatic nitrogens is 2. The number of thiazole rings is 1. The number of hydrogen-bond donors (Lipinski definition) is 1. The molecule has 0 aromatic carbocycles. The minimum Gasteiger partial charge on any atom is -0.467 e. The first-order valence-corrected chi connectivity index (χ1v) is 8.09. The van der Waals surface area contributed by atoms with E-state index in [1.807, 2.05) is 29.8 Å². The molecule has 2 heterocycles. The number of nitrogens with zero attached hydrogens (tertiary/aromatic N) is 2. The molecule has 0 fully saturated rings. The van der Waals surface area contributed by atoms with Gasteiger partial charge in [-0.2, -0.15) is 0 Å². The second-order valence-corrected chi connectivity index (χ2v) is 6.32. The Hall–Kier alpha value is -1.89. The van der Waals surface area contributed by atoms with Crippen LogP contribution in [0.4, 0.5) is 0 Å². The average Bonchev–Trinajstić information content (AvgIpc) is 3.03. The number of methoxy groups -OCH3 is 1. The van der Waals surface area contributed by atoms with E-state index in [0.717, 1.165) is 16.3 Å². The van der Waals surface area contributed by atoms with Crippen molar-refractivity contribution in [2.45, 2.75) is 45.6 Å². The molecule has 0 aliphatic heterocycles. The summed E-state index contributed by atoms with van der Waals surface area (Å²) in [7, 11) is 1.33. The number of hydrogen-bond acceptors (Lipinski definition) is 5. The Morgan fingerprint density at radius 2 is 2.23 bits per heavy atom. The van der Waals surface area contributed by atoms with Gasteiger partial charge in [0.25, 0.3) is 0 Å². The Kier molecular flexibility index (Phi) is 4.85. The highest BCUT2D eigenvalue weighted by Crippen LogP contribution is 2.18. The molecule has 0 saturated heterocycles. The average molecular weight is 323 g/mol. The minimum atomic E-state index is -0.971. The number of carbonyl (C=O) groups excluding carboxylic acids is 2. The van der Waals surface area contributed by atoms with Crippen molar-refractivity contribution in [3.8, 4) is 0 Å². The number of rotatable bonds is 6. The lowest BCUT2D eigenvalue weighted by atomic mass is 9.98. The third-order valence-corrected chi connectivity index (χ3v) is 4.66. The molecule has 1 amide bonds. The molecule has 120 valence electrons. The van der Waals surface area contributed by atoms with Crippen molar-refractivity contribution in [2.75, 3.05) is 7.11 Å². The van der Waals surface area contributed by atoms with E-state index >= 15 is 0 Å². The number of amides is 1. The van der Waals surface area contributed by atoms with Gasteiger partial charge in [0.1, 0.15) is 5.54 Å². The molecule has 22 heavy (non-hydrogen) atoms. The molecule has 2 aromatic heterocycles. The maximum Gasteiger partial charge on any atom is 0.331 e. The van der Waals surface area contributed by atoms with E-state index in [1.54, 1.807) is 18.3 Å². The molecule has 2 aromatic rings. The second kappa shape index (κ2) is 6.48. The fourth-order valence-corrected chi connectivity index (χ4v) is 3.20. The first-order valence-electron chi connectivity index (χ1n) is 7.21. The molecule has 0 radical (unpaired) electrons. The van der Waals surface area contributed by atoms with Crippen molar-refractivity contribution < 1.29 is 14.3 Å². The van der Waals surface area contributed by atoms with Crippen molar-refractivity contribution in [2.24, 2.45) is 0 Å². The normalized spacial score (nSPS) is 13.8. The molecule has 1 N–H and O–H groups in total. The van der Waals surface area contributed by atoms with Crippen LogP contribution in [0.1, 0.15) is 38.1 Å². The molecule has 0 spiro atoms. The van der Waals surface area contributed by atoms with Crippen LogP contribution in [0.2, 0.25) is 0 Å². The lowest BCUT2D eigenvalue weighted by molar-refractivity contribution is -0.150. The summed E-state index contributed by atoms with van der Waals surface area (Å²) in [6.07, 6.45) is 3.36. The Bertz CT molecular complexity index is 691. The van der Waals surface area contributed by atoms with Gasteiger partial charge in [0, 0.05) is 23.7 Å². The van der Waals surface area contributed by atoms with Gasteiger partial charge in [-0.3, -0.25) is 9.20 Å². The summed E-state index contributed by atoms with van der Waals surface area (Å²) in [4.78, 5) is 29.2. The van der Waals surface area contributed by atoms with E-state index in [2.05, 4.69) is 10.3 Å². The monoisotopic (exact) mass is 323 g/mol. The summed E-state index contributed by atoms with van der Waals surface area (Å²) in [5, 5.41) is 4.78. The molecule has 7 heteroatoms. The van der Waals surface area contributed by atoms with Crippen molar-refractivity contribution >= 4 is 28.2 Å². The third-order valence-electron chi connectivity index (χ3n) is 3.77. The topological polar surface area (TPSA) is 72.7 Å². The van der Waals surface area contributed by atoms with Crippen LogP contribution in [-0.2, 0) is 20.7 Å². The van der Waals surface area contributed by atoms with Gasteiger partial charge in [0.15, 0.2) is 4.96 Å². The molecule has 0 aliphatic rings. The lowest BCUT2D eigenvalue weighted by Crippen LogP contribution is -2.52. The fraction of sp³-hybridized carbons (Fsp3) is 0.533. The van der Waals surface area contributed by atoms with Gasteiger partial charge in [-0.25, -0.2) is 9.78 Å². The zero-order valence-electron chi connectivity index (χ0n) is 13.3. The highest BCUT2D eigenvalue weighted by Gasteiger charge is 2.33. The molecule has 0 bridgehead atoms. The second-order valence-electron chi connectivity index (χ2n) is 5.49. The van der Waals surface area contributed by atoms with Gasteiger partial charge in [-0.15, -0.1) is 11.3 Å². The molecule has 0 aliphatic carbocycles. The van der Waals surface area contributed by atoms with Crippen LogP contribution in [-0.4, -0.2) is 33.9 Å². The van der Waals surface area contributed by atoms with Gasteiger partial charge < -0.3 is 10.1 Å². The molecular weight excluding hydrogens is 302 g/mol. The van der Waals surface area contributed by atoms with Crippen molar-refractivity contribution in [3.05, 3.63) is 23.0 Å². The van der Waals surface area contributed by atoms with Crippen LogP contribution in [0, 0.1) is 6.92 Å². The van der Waals surface area contributed by atoms with Gasteiger partial charge in [0.05, 0.1) is 12.8 Å². The molecule has 0 saturated carbocycles. The number of esters is 1. The van der Waals surface area contributed by atoms with E-state index in [1.165, 1.54) is 7.11 Å². The van der Waals surface area contributed by atoms with Crippen LogP contribution in [0.5, 0.6) is 0 Å². The Morgan fingerprint density at radius 1 is 1.50 bits per heavy atom. The van der Waals surface area contributed by atoms with E-state index in [0.29, 0.717) is 19.3 Å². The van der Waals surface area contributed by atoms with E-state index in [9.17, 15) is 9.59 Å². The first-order chi connectivity index (χ1) is 10.4. The van der Waals surface area contributed by atoms with Crippen molar-refractivity contribution in [3.63, 3.8) is 0 Å². The predicted octanol–water partition coefficient (Wildman–Crippen LogP) is 2.09. The van der Waals surface area contributed by atoms with E-state index in [4.69, 9.17) is 4.74 Å². The van der Waals surface area contributed by atoms with Gasteiger partial charge >= 0.3 is 5.97 Å².